The average molecular weight is 233 g/mol. The highest BCUT2D eigenvalue weighted by atomic mass is 16.1. The van der Waals surface area contributed by atoms with Crippen molar-refractivity contribution in [2.75, 3.05) is 11.1 Å². The summed E-state index contributed by atoms with van der Waals surface area (Å²) in [5.74, 6) is 0.588. The molecule has 0 radical (unpaired) electrons. The summed E-state index contributed by atoms with van der Waals surface area (Å²) in [5.41, 5.74) is 7.44. The fourth-order valence-corrected chi connectivity index (χ4v) is 1.42. The number of nitrogens with two attached hydrogens (primary N) is 1. The molecule has 1 amide bonds. The second kappa shape index (κ2) is 4.32. The fourth-order valence-electron chi connectivity index (χ4n) is 1.42. The summed E-state index contributed by atoms with van der Waals surface area (Å²) in [6.07, 6.45) is 1.57. The summed E-state index contributed by atoms with van der Waals surface area (Å²) in [6.45, 7) is 4.09. The van der Waals surface area contributed by atoms with Gasteiger partial charge in [0.25, 0.3) is 5.91 Å². The highest BCUT2D eigenvalue weighted by Crippen LogP contribution is 2.15. The number of carbonyl (C=O) groups excluding carboxylic acids is 1. The lowest BCUT2D eigenvalue weighted by Crippen LogP contribution is -2.12. The molecule has 0 spiro atoms. The van der Waals surface area contributed by atoms with E-state index in [2.05, 4.69) is 20.5 Å². The Morgan fingerprint density at radius 3 is 2.76 bits per heavy atom. The van der Waals surface area contributed by atoms with Gasteiger partial charge in [0.15, 0.2) is 5.82 Å². The molecule has 2 aromatic heterocycles. The zero-order valence-corrected chi connectivity index (χ0v) is 9.74. The third-order valence-corrected chi connectivity index (χ3v) is 2.41. The van der Waals surface area contributed by atoms with E-state index in [1.54, 1.807) is 12.3 Å². The van der Waals surface area contributed by atoms with Gasteiger partial charge in [-0.25, -0.2) is 0 Å². The monoisotopic (exact) mass is 233 g/mol. The molecule has 0 aliphatic carbocycles. The van der Waals surface area contributed by atoms with Crippen molar-refractivity contribution in [1.29, 1.82) is 0 Å². The molecular formula is C11H15N5O. The highest BCUT2D eigenvalue weighted by molar-refractivity contribution is 6.03. The zero-order valence-electron chi connectivity index (χ0n) is 9.74. The van der Waals surface area contributed by atoms with Crippen molar-refractivity contribution in [3.8, 4) is 0 Å². The van der Waals surface area contributed by atoms with Gasteiger partial charge in [0.05, 0.1) is 0 Å². The molecule has 6 nitrogen and oxygen atoms in total. The van der Waals surface area contributed by atoms with Gasteiger partial charge >= 0.3 is 0 Å². The molecular weight excluding hydrogens is 218 g/mol. The molecule has 0 bridgehead atoms. The smallest absolute Gasteiger partial charge is 0.273 e. The van der Waals surface area contributed by atoms with E-state index >= 15 is 0 Å². The van der Waals surface area contributed by atoms with Crippen LogP contribution < -0.4 is 11.1 Å². The van der Waals surface area contributed by atoms with Gasteiger partial charge in [0, 0.05) is 23.6 Å². The average Bonchev–Trinajstić information content (AvgIpc) is 2.86. The van der Waals surface area contributed by atoms with E-state index in [0.29, 0.717) is 23.1 Å². The van der Waals surface area contributed by atoms with E-state index < -0.39 is 0 Å². The first-order chi connectivity index (χ1) is 8.06. The maximum absolute atomic E-state index is 11.8. The molecule has 0 aliphatic heterocycles. The summed E-state index contributed by atoms with van der Waals surface area (Å²) in [5, 5.41) is 9.55. The molecule has 0 fully saturated rings. The Labute approximate surface area is 98.6 Å². The van der Waals surface area contributed by atoms with Crippen LogP contribution in [0.5, 0.6) is 0 Å². The van der Waals surface area contributed by atoms with E-state index in [0.717, 1.165) is 5.69 Å². The number of H-pyrrole nitrogens is 2. The third-order valence-electron chi connectivity index (χ3n) is 2.41. The minimum absolute atomic E-state index is 0.261. The number of carbonyl (C=O) groups is 1. The van der Waals surface area contributed by atoms with Crippen molar-refractivity contribution in [1.82, 2.24) is 15.2 Å². The van der Waals surface area contributed by atoms with E-state index in [4.69, 9.17) is 5.73 Å². The van der Waals surface area contributed by atoms with Crippen LogP contribution in [0.15, 0.2) is 18.3 Å². The summed E-state index contributed by atoms with van der Waals surface area (Å²) in [6, 6.07) is 3.39. The Kier molecular flexibility index (Phi) is 2.86. The van der Waals surface area contributed by atoms with Crippen LogP contribution in [0, 0.1) is 0 Å². The number of amides is 1. The summed E-state index contributed by atoms with van der Waals surface area (Å²) >= 11 is 0. The molecule has 2 aromatic rings. The number of anilines is 2. The number of nitrogens with one attached hydrogen (secondary N) is 3. The van der Waals surface area contributed by atoms with Gasteiger partial charge < -0.3 is 16.0 Å². The molecule has 0 aliphatic rings. The van der Waals surface area contributed by atoms with E-state index in [-0.39, 0.29) is 5.91 Å². The first-order valence-corrected chi connectivity index (χ1v) is 5.37. The van der Waals surface area contributed by atoms with Gasteiger partial charge in [0.1, 0.15) is 5.69 Å². The second-order valence-corrected chi connectivity index (χ2v) is 4.16. The van der Waals surface area contributed by atoms with E-state index in [1.165, 1.54) is 0 Å². The molecule has 0 atom stereocenters. The maximum Gasteiger partial charge on any atom is 0.273 e. The topological polar surface area (TPSA) is 99.6 Å². The first-order valence-electron chi connectivity index (χ1n) is 5.37. The molecule has 0 aromatic carbocycles. The minimum Gasteiger partial charge on any atom is -0.397 e. The van der Waals surface area contributed by atoms with Gasteiger partial charge in [-0.3, -0.25) is 9.89 Å². The van der Waals surface area contributed by atoms with Crippen LogP contribution in [0.2, 0.25) is 0 Å². The maximum atomic E-state index is 11.8. The van der Waals surface area contributed by atoms with Gasteiger partial charge in [-0.05, 0) is 12.0 Å². The minimum atomic E-state index is -0.261. The van der Waals surface area contributed by atoms with Crippen LogP contribution in [0.4, 0.5) is 11.5 Å². The highest BCUT2D eigenvalue weighted by Gasteiger charge is 2.11. The summed E-state index contributed by atoms with van der Waals surface area (Å²) < 4.78 is 0. The number of rotatable bonds is 3. The normalized spacial score (nSPS) is 10.8. The van der Waals surface area contributed by atoms with Crippen molar-refractivity contribution >= 4 is 17.4 Å². The molecule has 0 saturated heterocycles. The molecule has 90 valence electrons. The van der Waals surface area contributed by atoms with Gasteiger partial charge in [-0.1, -0.05) is 13.8 Å². The van der Waals surface area contributed by atoms with Crippen molar-refractivity contribution < 1.29 is 4.79 Å². The van der Waals surface area contributed by atoms with Crippen LogP contribution in [0.3, 0.4) is 0 Å². The lowest BCUT2D eigenvalue weighted by atomic mass is 10.1. The van der Waals surface area contributed by atoms with Crippen LogP contribution in [-0.4, -0.2) is 21.1 Å². The standard InChI is InChI=1S/C11H15N5O/c1-6(2)8-4-10(16-15-8)14-11(17)9-3-7(12)5-13-9/h3-6,13H,12H2,1-2H3,(H2,14,15,16,17). The summed E-state index contributed by atoms with van der Waals surface area (Å²) in [4.78, 5) is 14.5. The largest absolute Gasteiger partial charge is 0.397 e. The molecule has 2 heterocycles. The number of hydrogen-bond donors (Lipinski definition) is 4. The predicted octanol–water partition coefficient (Wildman–Crippen LogP) is 1.70. The summed E-state index contributed by atoms with van der Waals surface area (Å²) in [7, 11) is 0. The molecule has 0 unspecified atom stereocenters. The van der Waals surface area contributed by atoms with Gasteiger partial charge in [0.2, 0.25) is 0 Å². The molecule has 17 heavy (non-hydrogen) atoms. The Hall–Kier alpha value is -2.24. The number of aromatic amines is 2. The lowest BCUT2D eigenvalue weighted by Gasteiger charge is -1.98. The lowest BCUT2D eigenvalue weighted by molar-refractivity contribution is 0.102. The number of hydrogen-bond acceptors (Lipinski definition) is 3. The van der Waals surface area contributed by atoms with Crippen LogP contribution >= 0.6 is 0 Å². The zero-order chi connectivity index (χ0) is 12.4. The quantitative estimate of drug-likeness (QED) is 0.649. The Morgan fingerprint density at radius 2 is 2.24 bits per heavy atom. The Bertz CT molecular complexity index is 525. The first kappa shape index (κ1) is 11.3. The van der Waals surface area contributed by atoms with Crippen molar-refractivity contribution in [3.63, 3.8) is 0 Å². The number of aromatic nitrogens is 3. The van der Waals surface area contributed by atoms with Gasteiger partial charge in [-0.2, -0.15) is 5.10 Å². The van der Waals surface area contributed by atoms with Gasteiger partial charge in [-0.15, -0.1) is 0 Å². The molecule has 2 rings (SSSR count). The third kappa shape index (κ3) is 2.47. The number of nitrogen functional groups attached to an aromatic ring is 1. The van der Waals surface area contributed by atoms with Crippen LogP contribution in [-0.2, 0) is 0 Å². The van der Waals surface area contributed by atoms with E-state index in [1.807, 2.05) is 19.9 Å². The fraction of sp³-hybridized carbons (Fsp3) is 0.273. The molecule has 0 saturated carbocycles. The predicted molar refractivity (Wildman–Crippen MR) is 65.8 cm³/mol. The SMILES string of the molecule is CC(C)c1cc(NC(=O)c2cc(N)c[nH]2)n[nH]1. The Morgan fingerprint density at radius 1 is 1.47 bits per heavy atom. The van der Waals surface area contributed by atoms with Crippen LogP contribution in [0.1, 0.15) is 35.9 Å². The second-order valence-electron chi connectivity index (χ2n) is 4.16. The number of nitrogens with zero attached hydrogens (tertiary/aromatic N) is 1. The van der Waals surface area contributed by atoms with Crippen molar-refractivity contribution in [2.24, 2.45) is 0 Å². The van der Waals surface area contributed by atoms with Crippen molar-refractivity contribution in [2.45, 2.75) is 19.8 Å². The van der Waals surface area contributed by atoms with E-state index in [9.17, 15) is 4.79 Å². The molecule has 6 heteroatoms. The van der Waals surface area contributed by atoms with Crippen LogP contribution in [0.25, 0.3) is 0 Å². The molecule has 5 N–H and O–H groups in total. The Balaban J connectivity index is 2.07. The van der Waals surface area contributed by atoms with Crippen molar-refractivity contribution in [3.05, 3.63) is 29.7 Å².